The molecule has 0 saturated carbocycles. The highest BCUT2D eigenvalue weighted by molar-refractivity contribution is 5.96. The van der Waals surface area contributed by atoms with Crippen molar-refractivity contribution in [1.82, 2.24) is 10.2 Å². The topological polar surface area (TPSA) is 120 Å². The number of aliphatic hydroxyl groups is 1. The Morgan fingerprint density at radius 1 is 1.22 bits per heavy atom. The average molecular weight is 372 g/mol. The molecule has 142 valence electrons. The van der Waals surface area contributed by atoms with Crippen molar-refractivity contribution in [2.45, 2.75) is 31.5 Å². The van der Waals surface area contributed by atoms with E-state index in [2.05, 4.69) is 5.32 Å². The number of carboxylic acid groups (broad SMARTS) is 1. The fourth-order valence-electron chi connectivity index (χ4n) is 2.97. The minimum absolute atomic E-state index is 0.115. The molecule has 3 rings (SSSR count). The number of hydrogen-bond acceptors (Lipinski definition) is 5. The maximum Gasteiger partial charge on any atom is 0.337 e. The van der Waals surface area contributed by atoms with Crippen LogP contribution < -0.4 is 5.32 Å². The molecule has 8 nitrogen and oxygen atoms in total. The normalized spacial score (nSPS) is 18.3. The molecule has 0 bridgehead atoms. The van der Waals surface area contributed by atoms with Crippen LogP contribution in [0.5, 0.6) is 0 Å². The average Bonchev–Trinajstić information content (AvgIpc) is 3.19. The quantitative estimate of drug-likeness (QED) is 0.714. The van der Waals surface area contributed by atoms with Gasteiger partial charge in [0, 0.05) is 13.0 Å². The first kappa shape index (κ1) is 18.7. The lowest BCUT2D eigenvalue weighted by Crippen LogP contribution is -2.55. The molecule has 1 aliphatic heterocycles. The summed E-state index contributed by atoms with van der Waals surface area (Å²) < 4.78 is 5.17. The van der Waals surface area contributed by atoms with E-state index in [1.807, 2.05) is 24.3 Å². The van der Waals surface area contributed by atoms with Crippen molar-refractivity contribution in [2.24, 2.45) is 0 Å². The summed E-state index contributed by atoms with van der Waals surface area (Å²) in [7, 11) is 0. The van der Waals surface area contributed by atoms with Gasteiger partial charge in [-0.15, -0.1) is 0 Å². The molecule has 2 amide bonds. The molecule has 2 unspecified atom stereocenters. The summed E-state index contributed by atoms with van der Waals surface area (Å²) in [6, 6.07) is 9.75. The Morgan fingerprint density at radius 3 is 2.56 bits per heavy atom. The molecule has 3 N–H and O–H groups in total. The molecule has 0 radical (unpaired) electrons. The smallest absolute Gasteiger partial charge is 0.337 e. The van der Waals surface area contributed by atoms with Gasteiger partial charge in [-0.05, 0) is 30.2 Å². The number of nitrogens with zero attached hydrogens (tertiary/aromatic N) is 1. The largest absolute Gasteiger partial charge is 0.479 e. The van der Waals surface area contributed by atoms with E-state index < -0.39 is 36.0 Å². The SMILES string of the molecule is CC(O)(CNC(=O)C1Cc2ccccc2CN1C(=O)c1ccco1)C(=O)O. The Bertz CT molecular complexity index is 859. The monoisotopic (exact) mass is 372 g/mol. The Morgan fingerprint density at radius 2 is 1.93 bits per heavy atom. The first-order chi connectivity index (χ1) is 12.8. The zero-order chi connectivity index (χ0) is 19.6. The number of carbonyl (C=O) groups excluding carboxylic acids is 2. The molecule has 1 aromatic carbocycles. The van der Waals surface area contributed by atoms with E-state index in [1.165, 1.54) is 17.2 Å². The molecule has 0 aliphatic carbocycles. The van der Waals surface area contributed by atoms with Gasteiger partial charge in [0.15, 0.2) is 11.4 Å². The van der Waals surface area contributed by atoms with Gasteiger partial charge in [0.2, 0.25) is 5.91 Å². The number of furan rings is 1. The van der Waals surface area contributed by atoms with Gasteiger partial charge in [-0.3, -0.25) is 9.59 Å². The zero-order valence-electron chi connectivity index (χ0n) is 14.7. The standard InChI is InChI=1S/C19H20N2O6/c1-19(26,18(24)25)11-20-16(22)14-9-12-5-2-3-6-13(12)10-21(14)17(23)15-7-4-8-27-15/h2-8,14,26H,9-11H2,1H3,(H,20,22)(H,24,25). The highest BCUT2D eigenvalue weighted by Crippen LogP contribution is 2.25. The molecule has 1 aliphatic rings. The third-order valence-electron chi connectivity index (χ3n) is 4.61. The molecule has 2 heterocycles. The Labute approximate surface area is 155 Å². The van der Waals surface area contributed by atoms with Gasteiger partial charge in [-0.2, -0.15) is 0 Å². The second-order valence-corrected chi connectivity index (χ2v) is 6.70. The molecule has 2 atom stereocenters. The van der Waals surface area contributed by atoms with Gasteiger partial charge in [0.25, 0.3) is 5.91 Å². The molecule has 2 aromatic rings. The predicted molar refractivity (Wildman–Crippen MR) is 93.8 cm³/mol. The van der Waals surface area contributed by atoms with Crippen LogP contribution >= 0.6 is 0 Å². The molecule has 0 fully saturated rings. The lowest BCUT2D eigenvalue weighted by atomic mass is 9.93. The van der Waals surface area contributed by atoms with Crippen LogP contribution in [0.25, 0.3) is 0 Å². The number of benzene rings is 1. The third-order valence-corrected chi connectivity index (χ3v) is 4.61. The number of nitrogens with one attached hydrogen (secondary N) is 1. The van der Waals surface area contributed by atoms with Crippen LogP contribution in [0.15, 0.2) is 47.1 Å². The molecule has 0 spiro atoms. The molecular weight excluding hydrogens is 352 g/mol. The lowest BCUT2D eigenvalue weighted by molar-refractivity contribution is -0.156. The van der Waals surface area contributed by atoms with Crippen LogP contribution in [0, 0.1) is 0 Å². The van der Waals surface area contributed by atoms with Gasteiger partial charge in [0.1, 0.15) is 6.04 Å². The van der Waals surface area contributed by atoms with Gasteiger partial charge >= 0.3 is 5.97 Å². The maximum atomic E-state index is 12.8. The molecule has 8 heteroatoms. The summed E-state index contributed by atoms with van der Waals surface area (Å²) >= 11 is 0. The zero-order valence-corrected chi connectivity index (χ0v) is 14.7. The highest BCUT2D eigenvalue weighted by Gasteiger charge is 2.37. The second kappa shape index (κ2) is 7.24. The molecule has 27 heavy (non-hydrogen) atoms. The van der Waals surface area contributed by atoms with Crippen molar-refractivity contribution in [3.63, 3.8) is 0 Å². The summed E-state index contributed by atoms with van der Waals surface area (Å²) in [5.74, 6) is -2.30. The number of hydrogen-bond donors (Lipinski definition) is 3. The van der Waals surface area contributed by atoms with Gasteiger partial charge in [-0.1, -0.05) is 24.3 Å². The number of carboxylic acids is 1. The first-order valence-electron chi connectivity index (χ1n) is 8.44. The number of rotatable bonds is 5. The third kappa shape index (κ3) is 3.85. The number of fused-ring (bicyclic) bond motifs is 1. The number of carbonyl (C=O) groups is 3. The van der Waals surface area contributed by atoms with E-state index in [1.54, 1.807) is 6.07 Å². The Hall–Kier alpha value is -3.13. The highest BCUT2D eigenvalue weighted by atomic mass is 16.4. The Balaban J connectivity index is 1.84. The second-order valence-electron chi connectivity index (χ2n) is 6.70. The van der Waals surface area contributed by atoms with Crippen LogP contribution in [-0.2, 0) is 22.6 Å². The summed E-state index contributed by atoms with van der Waals surface area (Å²) in [4.78, 5) is 37.9. The van der Waals surface area contributed by atoms with Crippen LogP contribution in [0.4, 0.5) is 0 Å². The lowest BCUT2D eigenvalue weighted by Gasteiger charge is -2.36. The van der Waals surface area contributed by atoms with Crippen LogP contribution in [0.1, 0.15) is 28.6 Å². The summed E-state index contributed by atoms with van der Waals surface area (Å²) in [6.07, 6.45) is 1.66. The van der Waals surface area contributed by atoms with E-state index in [-0.39, 0.29) is 18.7 Å². The van der Waals surface area contributed by atoms with E-state index in [0.717, 1.165) is 18.1 Å². The van der Waals surface area contributed by atoms with Crippen LogP contribution in [0.3, 0.4) is 0 Å². The summed E-state index contributed by atoms with van der Waals surface area (Å²) in [5.41, 5.74) is -0.233. The van der Waals surface area contributed by atoms with Crippen molar-refractivity contribution < 1.29 is 29.0 Å². The predicted octanol–water partition coefficient (Wildman–Crippen LogP) is 0.798. The molecule has 1 aromatic heterocycles. The van der Waals surface area contributed by atoms with Crippen molar-refractivity contribution in [1.29, 1.82) is 0 Å². The van der Waals surface area contributed by atoms with Gasteiger partial charge in [-0.25, -0.2) is 4.79 Å². The number of aliphatic carboxylic acids is 1. The van der Waals surface area contributed by atoms with Crippen LogP contribution in [0.2, 0.25) is 0 Å². The minimum atomic E-state index is -2.10. The molecule has 0 saturated heterocycles. The van der Waals surface area contributed by atoms with Gasteiger partial charge in [0.05, 0.1) is 12.8 Å². The van der Waals surface area contributed by atoms with Crippen molar-refractivity contribution in [2.75, 3.05) is 6.54 Å². The summed E-state index contributed by atoms with van der Waals surface area (Å²) in [5, 5.41) is 21.2. The van der Waals surface area contributed by atoms with Crippen molar-refractivity contribution in [3.05, 3.63) is 59.5 Å². The molecular formula is C19H20N2O6. The van der Waals surface area contributed by atoms with Crippen molar-refractivity contribution in [3.8, 4) is 0 Å². The summed E-state index contributed by atoms with van der Waals surface area (Å²) in [6.45, 7) is 0.850. The van der Waals surface area contributed by atoms with Gasteiger partial charge < -0.3 is 24.8 Å². The van der Waals surface area contributed by atoms with Crippen LogP contribution in [-0.4, -0.2) is 51.1 Å². The number of amides is 2. The fourth-order valence-corrected chi connectivity index (χ4v) is 2.97. The van der Waals surface area contributed by atoms with Crippen molar-refractivity contribution >= 4 is 17.8 Å². The van der Waals surface area contributed by atoms with E-state index in [9.17, 15) is 19.5 Å². The fraction of sp³-hybridized carbons (Fsp3) is 0.316. The van der Waals surface area contributed by atoms with E-state index in [4.69, 9.17) is 9.52 Å². The van der Waals surface area contributed by atoms with E-state index in [0.29, 0.717) is 0 Å². The van der Waals surface area contributed by atoms with E-state index >= 15 is 0 Å². The first-order valence-corrected chi connectivity index (χ1v) is 8.44. The minimum Gasteiger partial charge on any atom is -0.479 e. The Kier molecular flexibility index (Phi) is 5.00. The maximum absolute atomic E-state index is 12.8.